The number of nitrogens with zero attached hydrogens (tertiary/aromatic N) is 3. The van der Waals surface area contributed by atoms with Crippen LogP contribution in [0.2, 0.25) is 0 Å². The van der Waals surface area contributed by atoms with Crippen molar-refractivity contribution in [2.75, 3.05) is 13.1 Å². The van der Waals surface area contributed by atoms with Gasteiger partial charge in [-0.3, -0.25) is 4.79 Å². The highest BCUT2D eigenvalue weighted by Crippen LogP contribution is 2.32. The van der Waals surface area contributed by atoms with Crippen molar-refractivity contribution < 1.29 is 13.7 Å². The van der Waals surface area contributed by atoms with Gasteiger partial charge in [0.05, 0.1) is 0 Å². The number of likely N-dealkylation sites (tertiary alicyclic amines) is 1. The smallest absolute Gasteiger partial charge is 0.259 e. The van der Waals surface area contributed by atoms with Crippen LogP contribution in [-0.2, 0) is 0 Å². The predicted molar refractivity (Wildman–Crippen MR) is 109 cm³/mol. The van der Waals surface area contributed by atoms with Crippen molar-refractivity contribution in [2.45, 2.75) is 25.7 Å². The van der Waals surface area contributed by atoms with Crippen molar-refractivity contribution in [2.24, 2.45) is 0 Å². The summed E-state index contributed by atoms with van der Waals surface area (Å²) in [6.07, 6.45) is 1.65. The number of hydrogen-bond acceptors (Lipinski definition) is 5. The summed E-state index contributed by atoms with van der Waals surface area (Å²) in [6.45, 7) is 3.10. The molecule has 146 valence electrons. The normalized spacial score (nSPS) is 15.1. The second kappa shape index (κ2) is 7.20. The van der Waals surface area contributed by atoms with Crippen molar-refractivity contribution in [3.8, 4) is 11.3 Å². The summed E-state index contributed by atoms with van der Waals surface area (Å²) in [4.78, 5) is 19.8. The van der Waals surface area contributed by atoms with Crippen LogP contribution in [0.4, 0.5) is 0 Å². The summed E-state index contributed by atoms with van der Waals surface area (Å²) < 4.78 is 11.3. The van der Waals surface area contributed by atoms with Gasteiger partial charge >= 0.3 is 0 Å². The second-order valence-electron chi connectivity index (χ2n) is 7.41. The number of carbonyl (C=O) groups is 1. The lowest BCUT2D eigenvalue weighted by Gasteiger charge is -2.30. The average Bonchev–Trinajstić information content (AvgIpc) is 3.37. The zero-order valence-corrected chi connectivity index (χ0v) is 16.2. The summed E-state index contributed by atoms with van der Waals surface area (Å²) in [5, 5.41) is 4.14. The molecule has 2 aromatic heterocycles. The Kier molecular flexibility index (Phi) is 4.39. The van der Waals surface area contributed by atoms with Crippen LogP contribution in [0.1, 0.15) is 40.8 Å². The van der Waals surface area contributed by atoms with E-state index in [1.165, 1.54) is 0 Å². The molecule has 3 heterocycles. The first-order valence-corrected chi connectivity index (χ1v) is 9.87. The highest BCUT2D eigenvalue weighted by Gasteiger charge is 2.31. The van der Waals surface area contributed by atoms with Gasteiger partial charge in [-0.25, -0.2) is 4.98 Å². The van der Waals surface area contributed by atoms with Gasteiger partial charge < -0.3 is 13.8 Å². The van der Waals surface area contributed by atoms with Gasteiger partial charge in [0.1, 0.15) is 22.5 Å². The van der Waals surface area contributed by atoms with E-state index < -0.39 is 0 Å². The third-order valence-corrected chi connectivity index (χ3v) is 5.57. The van der Waals surface area contributed by atoms with Gasteiger partial charge in [0.15, 0.2) is 11.5 Å². The number of oxazole rings is 1. The van der Waals surface area contributed by atoms with Crippen molar-refractivity contribution in [1.82, 2.24) is 15.0 Å². The van der Waals surface area contributed by atoms with Crippen molar-refractivity contribution in [3.63, 3.8) is 0 Å². The third-order valence-electron chi connectivity index (χ3n) is 5.57. The minimum Gasteiger partial charge on any atom is -0.440 e. The predicted octanol–water partition coefficient (Wildman–Crippen LogP) is 4.81. The summed E-state index contributed by atoms with van der Waals surface area (Å²) in [6, 6.07) is 17.5. The Morgan fingerprint density at radius 1 is 1.03 bits per heavy atom. The van der Waals surface area contributed by atoms with Crippen molar-refractivity contribution in [3.05, 3.63) is 71.8 Å². The number of piperidine rings is 1. The van der Waals surface area contributed by atoms with E-state index in [0.717, 1.165) is 35.4 Å². The lowest BCUT2D eigenvalue weighted by Crippen LogP contribution is -2.38. The lowest BCUT2D eigenvalue weighted by atomic mass is 9.95. The largest absolute Gasteiger partial charge is 0.440 e. The molecule has 0 N–H and O–H groups in total. The Bertz CT molecular complexity index is 1120. The number of aryl methyl sites for hydroxylation is 1. The molecule has 29 heavy (non-hydrogen) atoms. The number of fused-ring (bicyclic) bond motifs is 1. The number of rotatable bonds is 3. The van der Waals surface area contributed by atoms with Gasteiger partial charge in [-0.05, 0) is 31.9 Å². The molecule has 6 nitrogen and oxygen atoms in total. The second-order valence-corrected chi connectivity index (χ2v) is 7.41. The monoisotopic (exact) mass is 387 g/mol. The SMILES string of the molecule is Cc1onc(-c2ccccc2)c1C(=O)N1CCC(c2nc3ccccc3o2)CC1. The van der Waals surface area contributed by atoms with E-state index in [-0.39, 0.29) is 11.8 Å². The molecule has 2 aromatic carbocycles. The highest BCUT2D eigenvalue weighted by molar-refractivity contribution is 6.00. The molecule has 1 saturated heterocycles. The quantitative estimate of drug-likeness (QED) is 0.504. The number of hydrogen-bond donors (Lipinski definition) is 0. The maximum absolute atomic E-state index is 13.2. The van der Waals surface area contributed by atoms with E-state index in [0.29, 0.717) is 30.1 Å². The van der Waals surface area contributed by atoms with E-state index in [4.69, 9.17) is 8.94 Å². The van der Waals surface area contributed by atoms with Crippen LogP contribution in [0.5, 0.6) is 0 Å². The Morgan fingerprint density at radius 3 is 2.52 bits per heavy atom. The fourth-order valence-corrected chi connectivity index (χ4v) is 3.97. The molecule has 0 radical (unpaired) electrons. The maximum atomic E-state index is 13.2. The Labute approximate surface area is 168 Å². The molecule has 0 aliphatic carbocycles. The molecule has 4 aromatic rings. The minimum absolute atomic E-state index is 0.0291. The molecule has 1 aliphatic rings. The molecule has 1 fully saturated rings. The zero-order chi connectivity index (χ0) is 19.8. The highest BCUT2D eigenvalue weighted by atomic mass is 16.5. The fourth-order valence-electron chi connectivity index (χ4n) is 3.97. The first-order valence-electron chi connectivity index (χ1n) is 9.87. The Balaban J connectivity index is 1.34. The first-order chi connectivity index (χ1) is 14.2. The van der Waals surface area contributed by atoms with E-state index >= 15 is 0 Å². The summed E-state index contributed by atoms with van der Waals surface area (Å²) in [5.74, 6) is 1.52. The molecular formula is C23H21N3O3. The van der Waals surface area contributed by atoms with Gasteiger partial charge in [-0.1, -0.05) is 47.6 Å². The fraction of sp³-hybridized carbons (Fsp3) is 0.261. The topological polar surface area (TPSA) is 72.4 Å². The number of aromatic nitrogens is 2. The average molecular weight is 387 g/mol. The zero-order valence-electron chi connectivity index (χ0n) is 16.2. The van der Waals surface area contributed by atoms with Crippen LogP contribution in [0.3, 0.4) is 0 Å². The first kappa shape index (κ1) is 17.7. The Morgan fingerprint density at radius 2 is 1.76 bits per heavy atom. The van der Waals surface area contributed by atoms with Crippen molar-refractivity contribution >= 4 is 17.0 Å². The van der Waals surface area contributed by atoms with Gasteiger partial charge in [-0.2, -0.15) is 0 Å². The van der Waals surface area contributed by atoms with Crippen LogP contribution in [0.15, 0.2) is 63.5 Å². The van der Waals surface area contributed by atoms with E-state index in [2.05, 4.69) is 10.1 Å². The molecule has 0 unspecified atom stereocenters. The van der Waals surface area contributed by atoms with E-state index in [1.54, 1.807) is 6.92 Å². The molecule has 5 rings (SSSR count). The molecular weight excluding hydrogens is 366 g/mol. The van der Waals surface area contributed by atoms with Crippen LogP contribution in [0.25, 0.3) is 22.4 Å². The standard InChI is InChI=1S/C23H21N3O3/c1-15-20(21(25-29-15)16-7-3-2-4-8-16)23(27)26-13-11-17(12-14-26)22-24-18-9-5-6-10-19(18)28-22/h2-10,17H,11-14H2,1H3. The molecule has 0 atom stereocenters. The molecule has 0 spiro atoms. The van der Waals surface area contributed by atoms with Crippen LogP contribution in [0, 0.1) is 6.92 Å². The van der Waals surface area contributed by atoms with E-state index in [1.807, 2.05) is 59.5 Å². The molecule has 6 heteroatoms. The van der Waals surface area contributed by atoms with Crippen LogP contribution in [-0.4, -0.2) is 34.0 Å². The van der Waals surface area contributed by atoms with Gasteiger partial charge in [0.25, 0.3) is 5.91 Å². The number of para-hydroxylation sites is 2. The Hall–Kier alpha value is -3.41. The molecule has 0 saturated carbocycles. The van der Waals surface area contributed by atoms with Crippen molar-refractivity contribution in [1.29, 1.82) is 0 Å². The van der Waals surface area contributed by atoms with Gasteiger partial charge in [-0.15, -0.1) is 0 Å². The third kappa shape index (κ3) is 3.20. The molecule has 1 amide bonds. The minimum atomic E-state index is -0.0291. The molecule has 0 bridgehead atoms. The summed E-state index contributed by atoms with van der Waals surface area (Å²) >= 11 is 0. The van der Waals surface area contributed by atoms with Gasteiger partial charge in [0, 0.05) is 24.6 Å². The molecule has 1 aliphatic heterocycles. The van der Waals surface area contributed by atoms with E-state index in [9.17, 15) is 4.79 Å². The lowest BCUT2D eigenvalue weighted by molar-refractivity contribution is 0.0705. The summed E-state index contributed by atoms with van der Waals surface area (Å²) in [5.41, 5.74) is 3.74. The number of benzene rings is 2. The number of amides is 1. The summed E-state index contributed by atoms with van der Waals surface area (Å²) in [7, 11) is 0. The number of carbonyl (C=O) groups excluding carboxylic acids is 1. The van der Waals surface area contributed by atoms with Gasteiger partial charge in [0.2, 0.25) is 0 Å². The van der Waals surface area contributed by atoms with Crippen LogP contribution < -0.4 is 0 Å². The van der Waals surface area contributed by atoms with Crippen LogP contribution >= 0.6 is 0 Å². The maximum Gasteiger partial charge on any atom is 0.259 e.